The predicted molar refractivity (Wildman–Crippen MR) is 73.5 cm³/mol. The molecule has 18 heavy (non-hydrogen) atoms. The van der Waals surface area contributed by atoms with E-state index in [2.05, 4.69) is 42.2 Å². The predicted octanol–water partition coefficient (Wildman–Crippen LogP) is 1.39. The van der Waals surface area contributed by atoms with Gasteiger partial charge < -0.3 is 14.6 Å². The smallest absolute Gasteiger partial charge is 0.117 e. The Balaban J connectivity index is 1.93. The second-order valence-electron chi connectivity index (χ2n) is 5.63. The number of hydrogen-bond donors (Lipinski definition) is 1. The van der Waals surface area contributed by atoms with Crippen molar-refractivity contribution in [3.8, 4) is 0 Å². The third kappa shape index (κ3) is 4.12. The fraction of sp³-hybridized carbons (Fsp3) is 0.714. The number of likely N-dealkylation sites (N-methyl/N-ethyl adjacent to an activating group) is 1. The molecule has 102 valence electrons. The fourth-order valence-electron chi connectivity index (χ4n) is 2.64. The molecule has 0 bridgehead atoms. The zero-order valence-electron chi connectivity index (χ0n) is 11.7. The van der Waals surface area contributed by atoms with Crippen LogP contribution in [0.25, 0.3) is 0 Å². The average molecular weight is 251 g/mol. The minimum Gasteiger partial charge on any atom is -0.468 e. The molecule has 1 aliphatic heterocycles. The molecule has 0 aliphatic carbocycles. The molecule has 4 nitrogen and oxygen atoms in total. The number of hydrogen-bond acceptors (Lipinski definition) is 4. The Hall–Kier alpha value is -0.840. The molecule has 1 saturated heterocycles. The Kier molecular flexibility index (Phi) is 4.80. The molecule has 2 unspecified atom stereocenters. The van der Waals surface area contributed by atoms with Crippen LogP contribution in [-0.2, 0) is 6.54 Å². The van der Waals surface area contributed by atoms with Gasteiger partial charge in [-0.1, -0.05) is 0 Å². The first-order chi connectivity index (χ1) is 8.63. The highest BCUT2D eigenvalue weighted by atomic mass is 16.3. The zero-order chi connectivity index (χ0) is 13.0. The molecule has 0 aromatic carbocycles. The third-order valence-electron chi connectivity index (χ3n) is 3.42. The van der Waals surface area contributed by atoms with Gasteiger partial charge in [0.25, 0.3) is 0 Å². The first-order valence-corrected chi connectivity index (χ1v) is 6.79. The standard InChI is InChI=1S/C14H25N3O/c1-12-6-7-17(11-14-5-4-8-18-14)10-13(15-12)9-16(2)3/h4-5,8,12-13,15H,6-7,9-11H2,1-3H3. The lowest BCUT2D eigenvalue weighted by Crippen LogP contribution is -2.46. The maximum atomic E-state index is 5.45. The molecule has 0 saturated carbocycles. The minimum atomic E-state index is 0.535. The van der Waals surface area contributed by atoms with Crippen molar-refractivity contribution in [2.75, 3.05) is 33.7 Å². The van der Waals surface area contributed by atoms with E-state index in [1.807, 2.05) is 6.07 Å². The van der Waals surface area contributed by atoms with E-state index >= 15 is 0 Å². The van der Waals surface area contributed by atoms with Gasteiger partial charge in [-0.15, -0.1) is 0 Å². The van der Waals surface area contributed by atoms with Crippen molar-refractivity contribution in [1.29, 1.82) is 0 Å². The molecule has 0 spiro atoms. The normalized spacial score (nSPS) is 26.4. The van der Waals surface area contributed by atoms with E-state index in [0.29, 0.717) is 12.1 Å². The van der Waals surface area contributed by atoms with Gasteiger partial charge in [0, 0.05) is 31.7 Å². The molecule has 0 radical (unpaired) electrons. The maximum absolute atomic E-state index is 5.45. The second kappa shape index (κ2) is 6.36. The Morgan fingerprint density at radius 3 is 3.00 bits per heavy atom. The van der Waals surface area contributed by atoms with Crippen molar-refractivity contribution in [3.63, 3.8) is 0 Å². The van der Waals surface area contributed by atoms with Crippen LogP contribution >= 0.6 is 0 Å². The molecule has 1 aliphatic rings. The molecule has 2 heterocycles. The summed E-state index contributed by atoms with van der Waals surface area (Å²) in [5.41, 5.74) is 0. The first-order valence-electron chi connectivity index (χ1n) is 6.79. The van der Waals surface area contributed by atoms with Crippen LogP contribution in [0.4, 0.5) is 0 Å². The van der Waals surface area contributed by atoms with Crippen LogP contribution in [0.1, 0.15) is 19.1 Å². The number of nitrogens with zero attached hydrogens (tertiary/aromatic N) is 2. The second-order valence-corrected chi connectivity index (χ2v) is 5.63. The van der Waals surface area contributed by atoms with Crippen molar-refractivity contribution in [1.82, 2.24) is 15.1 Å². The zero-order valence-corrected chi connectivity index (χ0v) is 11.7. The Morgan fingerprint density at radius 2 is 2.33 bits per heavy atom. The summed E-state index contributed by atoms with van der Waals surface area (Å²) in [4.78, 5) is 4.74. The minimum absolute atomic E-state index is 0.535. The van der Waals surface area contributed by atoms with Crippen LogP contribution in [0.5, 0.6) is 0 Å². The molecule has 1 N–H and O–H groups in total. The largest absolute Gasteiger partial charge is 0.468 e. The highest BCUT2D eigenvalue weighted by Gasteiger charge is 2.22. The van der Waals surface area contributed by atoms with E-state index in [0.717, 1.165) is 31.9 Å². The summed E-state index contributed by atoms with van der Waals surface area (Å²) in [7, 11) is 4.27. The Bertz CT molecular complexity index is 337. The van der Waals surface area contributed by atoms with Crippen molar-refractivity contribution < 1.29 is 4.42 Å². The van der Waals surface area contributed by atoms with Crippen LogP contribution in [-0.4, -0.2) is 55.6 Å². The van der Waals surface area contributed by atoms with Crippen molar-refractivity contribution in [2.24, 2.45) is 0 Å². The van der Waals surface area contributed by atoms with Crippen LogP contribution in [0.2, 0.25) is 0 Å². The van der Waals surface area contributed by atoms with Gasteiger partial charge in [-0.3, -0.25) is 4.90 Å². The molecule has 4 heteroatoms. The Labute approximate surface area is 110 Å². The molecule has 2 atom stereocenters. The van der Waals surface area contributed by atoms with E-state index in [1.54, 1.807) is 6.26 Å². The van der Waals surface area contributed by atoms with Crippen LogP contribution in [0.15, 0.2) is 22.8 Å². The number of nitrogens with one attached hydrogen (secondary N) is 1. The molecule has 0 amide bonds. The lowest BCUT2D eigenvalue weighted by Gasteiger charge is -2.26. The van der Waals surface area contributed by atoms with E-state index in [1.165, 1.54) is 6.42 Å². The molecule has 2 rings (SSSR count). The maximum Gasteiger partial charge on any atom is 0.117 e. The van der Waals surface area contributed by atoms with E-state index in [9.17, 15) is 0 Å². The van der Waals surface area contributed by atoms with Crippen molar-refractivity contribution in [2.45, 2.75) is 32.0 Å². The summed E-state index contributed by atoms with van der Waals surface area (Å²) in [6.45, 7) is 6.51. The summed E-state index contributed by atoms with van der Waals surface area (Å²) in [6.07, 6.45) is 2.95. The average Bonchev–Trinajstić information content (AvgIpc) is 2.71. The van der Waals surface area contributed by atoms with Crippen LogP contribution in [0.3, 0.4) is 0 Å². The third-order valence-corrected chi connectivity index (χ3v) is 3.42. The van der Waals surface area contributed by atoms with E-state index in [-0.39, 0.29) is 0 Å². The van der Waals surface area contributed by atoms with Gasteiger partial charge in [0.15, 0.2) is 0 Å². The number of furan rings is 1. The van der Waals surface area contributed by atoms with Crippen molar-refractivity contribution in [3.05, 3.63) is 24.2 Å². The van der Waals surface area contributed by atoms with Gasteiger partial charge in [-0.05, 0) is 39.6 Å². The van der Waals surface area contributed by atoms with Gasteiger partial charge in [-0.25, -0.2) is 0 Å². The summed E-state index contributed by atoms with van der Waals surface area (Å²) in [5, 5.41) is 3.71. The molecule has 1 aromatic heterocycles. The molecular formula is C14H25N3O. The van der Waals surface area contributed by atoms with Gasteiger partial charge in [0.05, 0.1) is 12.8 Å². The molecular weight excluding hydrogens is 226 g/mol. The van der Waals surface area contributed by atoms with Gasteiger partial charge in [-0.2, -0.15) is 0 Å². The van der Waals surface area contributed by atoms with E-state index < -0.39 is 0 Å². The van der Waals surface area contributed by atoms with E-state index in [4.69, 9.17) is 4.42 Å². The Morgan fingerprint density at radius 1 is 1.50 bits per heavy atom. The molecule has 1 aromatic rings. The molecule has 1 fully saturated rings. The van der Waals surface area contributed by atoms with Gasteiger partial charge in [0.1, 0.15) is 5.76 Å². The highest BCUT2D eigenvalue weighted by molar-refractivity contribution is 4.98. The van der Waals surface area contributed by atoms with Gasteiger partial charge in [0.2, 0.25) is 0 Å². The monoisotopic (exact) mass is 251 g/mol. The lowest BCUT2D eigenvalue weighted by atomic mass is 10.2. The summed E-state index contributed by atoms with van der Waals surface area (Å²) >= 11 is 0. The van der Waals surface area contributed by atoms with Crippen LogP contribution < -0.4 is 5.32 Å². The topological polar surface area (TPSA) is 31.7 Å². The fourth-order valence-corrected chi connectivity index (χ4v) is 2.64. The lowest BCUT2D eigenvalue weighted by molar-refractivity contribution is 0.221. The number of rotatable bonds is 4. The summed E-state index contributed by atoms with van der Waals surface area (Å²) < 4.78 is 5.45. The highest BCUT2D eigenvalue weighted by Crippen LogP contribution is 2.11. The van der Waals surface area contributed by atoms with Crippen molar-refractivity contribution >= 4 is 0 Å². The van der Waals surface area contributed by atoms with Crippen LogP contribution in [0, 0.1) is 0 Å². The quantitative estimate of drug-likeness (QED) is 0.876. The van der Waals surface area contributed by atoms with Gasteiger partial charge >= 0.3 is 0 Å². The first kappa shape index (κ1) is 13.6. The summed E-state index contributed by atoms with van der Waals surface area (Å²) in [5.74, 6) is 1.06. The summed E-state index contributed by atoms with van der Waals surface area (Å²) in [6, 6.07) is 5.15. The SMILES string of the molecule is CC1CCN(Cc2ccco2)CC(CN(C)C)N1.